The first-order valence-electron chi connectivity index (χ1n) is 6.80. The van der Waals surface area contributed by atoms with Crippen molar-refractivity contribution in [2.45, 2.75) is 32.4 Å². The highest BCUT2D eigenvalue weighted by Gasteiger charge is 2.25. The molecule has 1 aromatic rings. The van der Waals surface area contributed by atoms with Gasteiger partial charge in [-0.3, -0.25) is 0 Å². The van der Waals surface area contributed by atoms with Crippen molar-refractivity contribution in [3.63, 3.8) is 0 Å². The number of nitrogens with zero attached hydrogens (tertiary/aromatic N) is 1. The van der Waals surface area contributed by atoms with Gasteiger partial charge in [-0.25, -0.2) is 0 Å². The lowest BCUT2D eigenvalue weighted by Crippen LogP contribution is -2.47. The van der Waals surface area contributed by atoms with E-state index in [1.807, 2.05) is 12.1 Å². The van der Waals surface area contributed by atoms with Crippen molar-refractivity contribution in [2.75, 3.05) is 20.1 Å². The first-order valence-corrected chi connectivity index (χ1v) is 6.80. The zero-order chi connectivity index (χ0) is 13.1. The van der Waals surface area contributed by atoms with Crippen molar-refractivity contribution < 1.29 is 5.11 Å². The van der Waals surface area contributed by atoms with Crippen molar-refractivity contribution in [3.8, 4) is 5.75 Å². The summed E-state index contributed by atoms with van der Waals surface area (Å²) in [7, 11) is 2.19. The van der Waals surface area contributed by atoms with Gasteiger partial charge in [0.15, 0.2) is 0 Å². The summed E-state index contributed by atoms with van der Waals surface area (Å²) in [5.74, 6) is 1.02. The topological polar surface area (TPSA) is 35.5 Å². The quantitative estimate of drug-likeness (QED) is 0.862. The number of hydrogen-bond donors (Lipinski definition) is 2. The highest BCUT2D eigenvalue weighted by Crippen LogP contribution is 2.21. The Labute approximate surface area is 110 Å². The number of piperidine rings is 1. The van der Waals surface area contributed by atoms with E-state index in [9.17, 15) is 5.11 Å². The highest BCUT2D eigenvalue weighted by molar-refractivity contribution is 5.27. The summed E-state index contributed by atoms with van der Waals surface area (Å²) in [6, 6.07) is 8.42. The minimum Gasteiger partial charge on any atom is -0.508 e. The molecule has 1 aliphatic heterocycles. The summed E-state index contributed by atoms with van der Waals surface area (Å²) >= 11 is 0. The molecule has 1 aromatic carbocycles. The summed E-state index contributed by atoms with van der Waals surface area (Å²) in [5, 5.41) is 13.0. The van der Waals surface area contributed by atoms with Crippen LogP contribution in [0.1, 0.15) is 31.9 Å². The number of aromatic hydroxyl groups is 1. The van der Waals surface area contributed by atoms with Gasteiger partial charge in [-0.2, -0.15) is 0 Å². The number of phenols is 1. The maximum Gasteiger partial charge on any atom is 0.115 e. The van der Waals surface area contributed by atoms with Gasteiger partial charge in [0.1, 0.15) is 5.75 Å². The van der Waals surface area contributed by atoms with E-state index in [0.29, 0.717) is 23.8 Å². The first-order chi connectivity index (χ1) is 8.56. The van der Waals surface area contributed by atoms with Crippen LogP contribution < -0.4 is 5.32 Å². The minimum atomic E-state index is 0.332. The molecule has 2 rings (SSSR count). The van der Waals surface area contributed by atoms with Crippen molar-refractivity contribution >= 4 is 0 Å². The molecule has 0 amide bonds. The molecule has 3 heteroatoms. The highest BCUT2D eigenvalue weighted by atomic mass is 16.3. The van der Waals surface area contributed by atoms with E-state index in [4.69, 9.17) is 0 Å². The molecule has 3 atom stereocenters. The Bertz CT molecular complexity index is 377. The molecule has 1 saturated heterocycles. The lowest BCUT2D eigenvalue weighted by Gasteiger charge is -2.37. The molecule has 0 saturated carbocycles. The van der Waals surface area contributed by atoms with Gasteiger partial charge < -0.3 is 15.3 Å². The molecule has 1 fully saturated rings. The van der Waals surface area contributed by atoms with Crippen LogP contribution in [0.5, 0.6) is 5.75 Å². The molecule has 0 aliphatic carbocycles. The largest absolute Gasteiger partial charge is 0.508 e. The SMILES string of the molecule is CC(NC1CCN(C)CC1C)c1ccc(O)cc1. The van der Waals surface area contributed by atoms with Crippen LogP contribution in [-0.2, 0) is 0 Å². The van der Waals surface area contributed by atoms with Gasteiger partial charge in [-0.15, -0.1) is 0 Å². The zero-order valence-corrected chi connectivity index (χ0v) is 11.6. The normalized spacial score (nSPS) is 27.1. The number of likely N-dealkylation sites (tertiary alicyclic amines) is 1. The molecular weight excluding hydrogens is 224 g/mol. The Balaban J connectivity index is 1.94. The molecule has 0 aromatic heterocycles. The summed E-state index contributed by atoms with van der Waals surface area (Å²) in [4.78, 5) is 2.40. The van der Waals surface area contributed by atoms with Gasteiger partial charge in [0.25, 0.3) is 0 Å². The smallest absolute Gasteiger partial charge is 0.115 e. The molecule has 18 heavy (non-hydrogen) atoms. The second-order valence-electron chi connectivity index (χ2n) is 5.61. The Morgan fingerprint density at radius 2 is 2.00 bits per heavy atom. The second-order valence-corrected chi connectivity index (χ2v) is 5.61. The molecule has 2 N–H and O–H groups in total. The first kappa shape index (κ1) is 13.4. The minimum absolute atomic E-state index is 0.332. The standard InChI is InChI=1S/C15H24N2O/c1-11-10-17(3)9-8-15(11)16-12(2)13-4-6-14(18)7-5-13/h4-7,11-12,15-16,18H,8-10H2,1-3H3. The monoisotopic (exact) mass is 248 g/mol. The predicted molar refractivity (Wildman–Crippen MR) is 74.7 cm³/mol. The van der Waals surface area contributed by atoms with E-state index in [-0.39, 0.29) is 0 Å². The van der Waals surface area contributed by atoms with Crippen LogP contribution in [0.3, 0.4) is 0 Å². The third-order valence-electron chi connectivity index (χ3n) is 3.97. The fourth-order valence-electron chi connectivity index (χ4n) is 2.78. The van der Waals surface area contributed by atoms with Crippen LogP contribution in [0.2, 0.25) is 0 Å². The van der Waals surface area contributed by atoms with E-state index in [2.05, 4.69) is 31.1 Å². The summed E-state index contributed by atoms with van der Waals surface area (Å²) in [6.45, 7) is 6.85. The third-order valence-corrected chi connectivity index (χ3v) is 3.97. The Morgan fingerprint density at radius 1 is 1.33 bits per heavy atom. The molecule has 0 spiro atoms. The van der Waals surface area contributed by atoms with Crippen molar-refractivity contribution in [1.29, 1.82) is 0 Å². The van der Waals surface area contributed by atoms with E-state index in [1.54, 1.807) is 12.1 Å². The average molecular weight is 248 g/mol. The fraction of sp³-hybridized carbons (Fsp3) is 0.600. The van der Waals surface area contributed by atoms with Crippen molar-refractivity contribution in [3.05, 3.63) is 29.8 Å². The average Bonchev–Trinajstić information content (AvgIpc) is 2.33. The van der Waals surface area contributed by atoms with Gasteiger partial charge in [0, 0.05) is 18.6 Å². The molecule has 0 bridgehead atoms. The molecule has 3 unspecified atom stereocenters. The van der Waals surface area contributed by atoms with Crippen LogP contribution in [0.4, 0.5) is 0 Å². The number of phenolic OH excluding ortho intramolecular Hbond substituents is 1. The molecule has 1 heterocycles. The summed E-state index contributed by atoms with van der Waals surface area (Å²) in [6.07, 6.45) is 1.21. The molecule has 100 valence electrons. The number of rotatable bonds is 3. The maximum absolute atomic E-state index is 9.31. The van der Waals surface area contributed by atoms with Gasteiger partial charge >= 0.3 is 0 Å². The molecular formula is C15H24N2O. The third kappa shape index (κ3) is 3.24. The molecule has 3 nitrogen and oxygen atoms in total. The zero-order valence-electron chi connectivity index (χ0n) is 11.6. The van der Waals surface area contributed by atoms with E-state index in [1.165, 1.54) is 25.1 Å². The van der Waals surface area contributed by atoms with Crippen molar-refractivity contribution in [1.82, 2.24) is 10.2 Å². The van der Waals surface area contributed by atoms with Crippen LogP contribution >= 0.6 is 0 Å². The summed E-state index contributed by atoms with van der Waals surface area (Å²) in [5.41, 5.74) is 1.24. The van der Waals surface area contributed by atoms with Crippen LogP contribution in [0.25, 0.3) is 0 Å². The fourth-order valence-corrected chi connectivity index (χ4v) is 2.78. The van der Waals surface area contributed by atoms with Crippen LogP contribution in [0, 0.1) is 5.92 Å². The Morgan fingerprint density at radius 3 is 2.61 bits per heavy atom. The van der Waals surface area contributed by atoms with E-state index in [0.717, 1.165) is 0 Å². The van der Waals surface area contributed by atoms with E-state index >= 15 is 0 Å². The Kier molecular flexibility index (Phi) is 4.25. The van der Waals surface area contributed by atoms with Crippen molar-refractivity contribution in [2.24, 2.45) is 5.92 Å². The lowest BCUT2D eigenvalue weighted by atomic mass is 9.93. The maximum atomic E-state index is 9.31. The van der Waals surface area contributed by atoms with Gasteiger partial charge in [-0.1, -0.05) is 19.1 Å². The molecule has 1 aliphatic rings. The number of hydrogen-bond acceptors (Lipinski definition) is 3. The van der Waals surface area contributed by atoms with E-state index < -0.39 is 0 Å². The van der Waals surface area contributed by atoms with Gasteiger partial charge in [0.05, 0.1) is 0 Å². The number of nitrogens with one attached hydrogen (secondary N) is 1. The van der Waals surface area contributed by atoms with Gasteiger partial charge in [0.2, 0.25) is 0 Å². The number of benzene rings is 1. The Hall–Kier alpha value is -1.06. The van der Waals surface area contributed by atoms with Gasteiger partial charge in [-0.05, 0) is 50.6 Å². The summed E-state index contributed by atoms with van der Waals surface area (Å²) < 4.78 is 0. The molecule has 0 radical (unpaired) electrons. The second kappa shape index (κ2) is 5.72. The van der Waals surface area contributed by atoms with Crippen LogP contribution in [0.15, 0.2) is 24.3 Å². The van der Waals surface area contributed by atoms with Crippen LogP contribution in [-0.4, -0.2) is 36.2 Å². The predicted octanol–water partition coefficient (Wildman–Crippen LogP) is 2.38. The lowest BCUT2D eigenvalue weighted by molar-refractivity contribution is 0.168.